The number of hydrogen-bond acceptors (Lipinski definition) is 3. The zero-order valence-corrected chi connectivity index (χ0v) is 14.0. The van der Waals surface area contributed by atoms with Crippen molar-refractivity contribution in [3.63, 3.8) is 0 Å². The molecule has 21 heavy (non-hydrogen) atoms. The van der Waals surface area contributed by atoms with Crippen LogP contribution in [0.15, 0.2) is 18.2 Å². The highest BCUT2D eigenvalue weighted by molar-refractivity contribution is 7.89. The second kappa shape index (κ2) is 7.56. The summed E-state index contributed by atoms with van der Waals surface area (Å²) in [7, 11) is -3.24. The van der Waals surface area contributed by atoms with Crippen molar-refractivity contribution in [2.45, 2.75) is 34.1 Å². The molecule has 1 aromatic rings. The monoisotopic (exact) mass is 312 g/mol. The summed E-state index contributed by atoms with van der Waals surface area (Å²) >= 11 is 0. The molecule has 1 amide bonds. The molecule has 0 aliphatic carbocycles. The van der Waals surface area contributed by atoms with Gasteiger partial charge in [0.1, 0.15) is 0 Å². The minimum Gasteiger partial charge on any atom is -0.311 e. The van der Waals surface area contributed by atoms with Crippen molar-refractivity contribution < 1.29 is 13.2 Å². The number of rotatable bonds is 7. The molecule has 0 aromatic heterocycles. The molecular weight excluding hydrogens is 288 g/mol. The van der Waals surface area contributed by atoms with E-state index in [4.69, 9.17) is 0 Å². The SMILES string of the molecule is CCCS(=O)(=O)NCCN(C(C)=O)c1c(C)cccc1C. The lowest BCUT2D eigenvalue weighted by Crippen LogP contribution is -2.38. The van der Waals surface area contributed by atoms with Gasteiger partial charge >= 0.3 is 0 Å². The Bertz CT molecular complexity index is 577. The van der Waals surface area contributed by atoms with E-state index in [2.05, 4.69) is 4.72 Å². The molecule has 0 radical (unpaired) electrons. The second-order valence-electron chi connectivity index (χ2n) is 5.12. The highest BCUT2D eigenvalue weighted by Crippen LogP contribution is 2.24. The lowest BCUT2D eigenvalue weighted by atomic mass is 10.1. The van der Waals surface area contributed by atoms with E-state index in [9.17, 15) is 13.2 Å². The van der Waals surface area contributed by atoms with Gasteiger partial charge in [-0.05, 0) is 31.4 Å². The fourth-order valence-electron chi connectivity index (χ4n) is 2.31. The van der Waals surface area contributed by atoms with E-state index in [1.165, 1.54) is 6.92 Å². The lowest BCUT2D eigenvalue weighted by molar-refractivity contribution is -0.116. The van der Waals surface area contributed by atoms with Crippen LogP contribution in [0.4, 0.5) is 5.69 Å². The van der Waals surface area contributed by atoms with Crippen molar-refractivity contribution in [2.75, 3.05) is 23.7 Å². The number of benzene rings is 1. The van der Waals surface area contributed by atoms with E-state index in [1.54, 1.807) is 4.90 Å². The molecule has 118 valence electrons. The number of carbonyl (C=O) groups excluding carboxylic acids is 1. The van der Waals surface area contributed by atoms with Crippen molar-refractivity contribution in [3.8, 4) is 0 Å². The Morgan fingerprint density at radius 2 is 1.81 bits per heavy atom. The molecule has 6 heteroatoms. The van der Waals surface area contributed by atoms with E-state index in [0.717, 1.165) is 16.8 Å². The van der Waals surface area contributed by atoms with Crippen molar-refractivity contribution in [1.82, 2.24) is 4.72 Å². The Balaban J connectivity index is 2.83. The Morgan fingerprint density at radius 1 is 1.24 bits per heavy atom. The van der Waals surface area contributed by atoms with Crippen LogP contribution < -0.4 is 9.62 Å². The summed E-state index contributed by atoms with van der Waals surface area (Å²) in [5, 5.41) is 0. The van der Waals surface area contributed by atoms with Gasteiger partial charge in [-0.25, -0.2) is 13.1 Å². The van der Waals surface area contributed by atoms with E-state index in [1.807, 2.05) is 39.0 Å². The first kappa shape index (κ1) is 17.7. The van der Waals surface area contributed by atoms with Crippen LogP contribution in [0.25, 0.3) is 0 Å². The average molecular weight is 312 g/mol. The van der Waals surface area contributed by atoms with Gasteiger partial charge in [0.05, 0.1) is 5.75 Å². The van der Waals surface area contributed by atoms with Gasteiger partial charge in [0.2, 0.25) is 15.9 Å². The van der Waals surface area contributed by atoms with Gasteiger partial charge in [-0.1, -0.05) is 25.1 Å². The predicted molar refractivity (Wildman–Crippen MR) is 86.0 cm³/mol. The van der Waals surface area contributed by atoms with Crippen LogP contribution in [-0.4, -0.2) is 33.2 Å². The molecule has 0 aliphatic heterocycles. The number of sulfonamides is 1. The summed E-state index contributed by atoms with van der Waals surface area (Å²) in [6.45, 7) is 7.74. The number of carbonyl (C=O) groups is 1. The van der Waals surface area contributed by atoms with Gasteiger partial charge in [-0.3, -0.25) is 4.79 Å². The fraction of sp³-hybridized carbons (Fsp3) is 0.533. The standard InChI is InChI=1S/C15H24N2O3S/c1-5-11-21(19,20)16-9-10-17(14(4)18)15-12(2)7-6-8-13(15)3/h6-8,16H,5,9-11H2,1-4H3. The molecular formula is C15H24N2O3S. The minimum atomic E-state index is -3.24. The van der Waals surface area contributed by atoms with Crippen molar-refractivity contribution >= 4 is 21.6 Å². The molecule has 5 nitrogen and oxygen atoms in total. The van der Waals surface area contributed by atoms with Crippen molar-refractivity contribution in [3.05, 3.63) is 29.3 Å². The summed E-state index contributed by atoms with van der Waals surface area (Å²) < 4.78 is 25.8. The maximum atomic E-state index is 11.9. The van der Waals surface area contributed by atoms with E-state index in [0.29, 0.717) is 13.0 Å². The number of nitrogens with one attached hydrogen (secondary N) is 1. The van der Waals surface area contributed by atoms with Crippen LogP contribution in [-0.2, 0) is 14.8 Å². The quantitative estimate of drug-likeness (QED) is 0.837. The summed E-state index contributed by atoms with van der Waals surface area (Å²) in [6.07, 6.45) is 0.572. The fourth-order valence-corrected chi connectivity index (χ4v) is 3.40. The van der Waals surface area contributed by atoms with Gasteiger partial charge < -0.3 is 4.90 Å². The first-order valence-corrected chi connectivity index (χ1v) is 8.75. The van der Waals surface area contributed by atoms with E-state index < -0.39 is 10.0 Å². The molecule has 0 bridgehead atoms. The average Bonchev–Trinajstić information content (AvgIpc) is 2.36. The number of aryl methyl sites for hydroxylation is 2. The zero-order chi connectivity index (χ0) is 16.0. The Hall–Kier alpha value is -1.40. The Labute approximate surface area is 127 Å². The predicted octanol–water partition coefficient (Wildman–Crippen LogP) is 1.99. The third-order valence-corrected chi connectivity index (χ3v) is 4.81. The summed E-state index contributed by atoms with van der Waals surface area (Å²) in [4.78, 5) is 13.5. The van der Waals surface area contributed by atoms with Gasteiger partial charge in [0.15, 0.2) is 0 Å². The number of anilines is 1. The van der Waals surface area contributed by atoms with Crippen LogP contribution >= 0.6 is 0 Å². The van der Waals surface area contributed by atoms with Gasteiger partial charge in [0.25, 0.3) is 0 Å². The first-order chi connectivity index (χ1) is 9.78. The van der Waals surface area contributed by atoms with Gasteiger partial charge in [-0.15, -0.1) is 0 Å². The molecule has 0 aliphatic rings. The third kappa shape index (κ3) is 5.13. The highest BCUT2D eigenvalue weighted by Gasteiger charge is 2.17. The van der Waals surface area contributed by atoms with Crippen LogP contribution in [0.5, 0.6) is 0 Å². The summed E-state index contributed by atoms with van der Waals surface area (Å²) in [5.74, 6) is 0.0123. The highest BCUT2D eigenvalue weighted by atomic mass is 32.2. The topological polar surface area (TPSA) is 66.5 Å². The minimum absolute atomic E-state index is 0.0953. The number of hydrogen-bond donors (Lipinski definition) is 1. The van der Waals surface area contributed by atoms with Crippen molar-refractivity contribution in [1.29, 1.82) is 0 Å². The largest absolute Gasteiger partial charge is 0.311 e. The van der Waals surface area contributed by atoms with E-state index in [-0.39, 0.29) is 18.2 Å². The van der Waals surface area contributed by atoms with Gasteiger partial charge in [-0.2, -0.15) is 0 Å². The molecule has 0 unspecified atom stereocenters. The lowest BCUT2D eigenvalue weighted by Gasteiger charge is -2.25. The molecule has 1 rings (SSSR count). The van der Waals surface area contributed by atoms with Gasteiger partial charge in [0, 0.05) is 25.7 Å². The molecule has 0 fully saturated rings. The maximum absolute atomic E-state index is 11.9. The smallest absolute Gasteiger partial charge is 0.223 e. The van der Waals surface area contributed by atoms with Crippen LogP contribution in [0, 0.1) is 13.8 Å². The molecule has 1 N–H and O–H groups in total. The summed E-state index contributed by atoms with van der Waals surface area (Å²) in [6, 6.07) is 5.83. The number of para-hydroxylation sites is 1. The zero-order valence-electron chi connectivity index (χ0n) is 13.1. The molecule has 1 aromatic carbocycles. The van der Waals surface area contributed by atoms with Crippen LogP contribution in [0.3, 0.4) is 0 Å². The second-order valence-corrected chi connectivity index (χ2v) is 7.05. The Kier molecular flexibility index (Phi) is 6.36. The molecule has 0 heterocycles. The van der Waals surface area contributed by atoms with Crippen LogP contribution in [0.2, 0.25) is 0 Å². The molecule has 0 atom stereocenters. The number of nitrogens with zero attached hydrogens (tertiary/aromatic N) is 1. The van der Waals surface area contributed by atoms with Crippen LogP contribution in [0.1, 0.15) is 31.4 Å². The molecule has 0 saturated carbocycles. The van der Waals surface area contributed by atoms with E-state index >= 15 is 0 Å². The molecule has 0 saturated heterocycles. The molecule has 0 spiro atoms. The number of amides is 1. The first-order valence-electron chi connectivity index (χ1n) is 7.10. The third-order valence-electron chi connectivity index (χ3n) is 3.22. The normalized spacial score (nSPS) is 11.4. The summed E-state index contributed by atoms with van der Waals surface area (Å²) in [5.41, 5.74) is 2.86. The van der Waals surface area contributed by atoms with Crippen molar-refractivity contribution in [2.24, 2.45) is 0 Å². The Morgan fingerprint density at radius 3 is 2.29 bits per heavy atom. The maximum Gasteiger partial charge on any atom is 0.223 e.